The zero-order chi connectivity index (χ0) is 23.5. The molecule has 0 saturated carbocycles. The molecule has 2 aliphatic rings. The van der Waals surface area contributed by atoms with E-state index in [-0.39, 0.29) is 32.0 Å². The predicted molar refractivity (Wildman–Crippen MR) is 135 cm³/mol. The highest BCUT2D eigenvalue weighted by molar-refractivity contribution is 5.87. The smallest absolute Gasteiger partial charge is 0.243 e. The first-order chi connectivity index (χ1) is 15.0. The minimum Gasteiger partial charge on any atom is -0.347 e. The maximum Gasteiger partial charge on any atom is 0.243 e. The van der Waals surface area contributed by atoms with Crippen LogP contribution in [0.15, 0.2) is 24.3 Å². The highest BCUT2D eigenvalue weighted by Crippen LogP contribution is 2.48. The molecular formula is C27H47N3O2. The van der Waals surface area contributed by atoms with E-state index < -0.39 is 6.04 Å². The molecule has 0 aromatic heterocycles. The number of nitrogens with zero attached hydrogens (tertiary/aromatic N) is 1. The number of carbonyl (C=O) groups is 2. The van der Waals surface area contributed by atoms with Crippen molar-refractivity contribution in [2.75, 3.05) is 19.6 Å². The Morgan fingerprint density at radius 2 is 1.81 bits per heavy atom. The molecule has 1 spiro atoms. The second-order valence-electron chi connectivity index (χ2n) is 11.5. The Bertz CT molecular complexity index is 814. The van der Waals surface area contributed by atoms with E-state index in [1.807, 2.05) is 13.8 Å². The number of carbonyl (C=O) groups excluding carboxylic acids is 2. The molecule has 1 aliphatic carbocycles. The maximum absolute atomic E-state index is 13.0. The van der Waals surface area contributed by atoms with Gasteiger partial charge in [0.05, 0.1) is 6.04 Å². The molecule has 1 saturated heterocycles. The molecule has 2 atom stereocenters. The number of hydrogen-bond acceptors (Lipinski definition) is 3. The van der Waals surface area contributed by atoms with Gasteiger partial charge >= 0.3 is 0 Å². The molecular weight excluding hydrogens is 398 g/mol. The summed E-state index contributed by atoms with van der Waals surface area (Å²) in [4.78, 5) is 27.3. The van der Waals surface area contributed by atoms with Crippen molar-refractivity contribution in [2.24, 2.45) is 11.3 Å². The lowest BCUT2D eigenvalue weighted by atomic mass is 9.63. The fourth-order valence-corrected chi connectivity index (χ4v) is 5.38. The van der Waals surface area contributed by atoms with Gasteiger partial charge in [-0.3, -0.25) is 9.59 Å². The fraction of sp³-hybridized carbons (Fsp3) is 0.704. The minimum absolute atomic E-state index is 0. The quantitative estimate of drug-likeness (QED) is 0.643. The van der Waals surface area contributed by atoms with Gasteiger partial charge in [0.15, 0.2) is 0 Å². The Labute approximate surface area is 197 Å². The van der Waals surface area contributed by atoms with Crippen LogP contribution in [0, 0.1) is 11.3 Å². The van der Waals surface area contributed by atoms with Crippen LogP contribution in [0.4, 0.5) is 0 Å². The Morgan fingerprint density at radius 1 is 1.16 bits per heavy atom. The zero-order valence-electron chi connectivity index (χ0n) is 21.0. The van der Waals surface area contributed by atoms with Gasteiger partial charge in [0.2, 0.25) is 11.8 Å². The molecule has 1 fully saturated rings. The van der Waals surface area contributed by atoms with E-state index in [4.69, 9.17) is 0 Å². The predicted octanol–water partition coefficient (Wildman–Crippen LogP) is 5.06. The van der Waals surface area contributed by atoms with Crippen molar-refractivity contribution in [3.8, 4) is 0 Å². The number of fused-ring (bicyclic) bond motifs is 2. The number of hydrogen-bond donors (Lipinski definition) is 2. The molecule has 1 aromatic carbocycles. The van der Waals surface area contributed by atoms with E-state index in [0.717, 1.165) is 25.9 Å². The maximum atomic E-state index is 13.0. The van der Waals surface area contributed by atoms with Crippen LogP contribution < -0.4 is 10.6 Å². The van der Waals surface area contributed by atoms with Crippen LogP contribution in [0.3, 0.4) is 0 Å². The summed E-state index contributed by atoms with van der Waals surface area (Å²) in [6.45, 7) is 15.9. The molecule has 5 heteroatoms. The van der Waals surface area contributed by atoms with Gasteiger partial charge in [-0.2, -0.15) is 0 Å². The third kappa shape index (κ3) is 5.92. The van der Waals surface area contributed by atoms with Crippen molar-refractivity contribution in [2.45, 2.75) is 91.1 Å². The minimum atomic E-state index is -0.499. The highest BCUT2D eigenvalue weighted by Gasteiger charge is 2.42. The topological polar surface area (TPSA) is 61.4 Å². The first kappa shape index (κ1) is 24.8. The van der Waals surface area contributed by atoms with Crippen molar-refractivity contribution in [1.29, 1.82) is 0 Å². The molecule has 3 rings (SSSR count). The Kier molecular flexibility index (Phi) is 7.69. The summed E-state index contributed by atoms with van der Waals surface area (Å²) >= 11 is 0. The van der Waals surface area contributed by atoms with Crippen molar-refractivity contribution in [3.63, 3.8) is 0 Å². The number of amides is 2. The second kappa shape index (κ2) is 9.94. The van der Waals surface area contributed by atoms with Gasteiger partial charge in [0.1, 0.15) is 6.04 Å². The first-order valence-electron chi connectivity index (χ1n) is 12.4. The molecule has 2 N–H and O–H groups in total. The van der Waals surface area contributed by atoms with Crippen LogP contribution in [-0.4, -0.2) is 42.4 Å². The van der Waals surface area contributed by atoms with E-state index in [0.29, 0.717) is 5.41 Å². The normalized spacial score (nSPS) is 21.8. The van der Waals surface area contributed by atoms with Crippen LogP contribution in [0.25, 0.3) is 0 Å². The van der Waals surface area contributed by atoms with Gasteiger partial charge in [-0.05, 0) is 79.6 Å². The lowest BCUT2D eigenvalue weighted by Gasteiger charge is -2.47. The molecule has 1 unspecified atom stereocenters. The number of piperidine rings is 1. The SMILES string of the molecule is CC(=O)NC(C(=O)N[C@@H]1CCC2(CCN(CCC(C)(C)C)CC2)c2ccccc21)C(C)C.[HH].[HH]. The van der Waals surface area contributed by atoms with Gasteiger partial charge in [0.25, 0.3) is 0 Å². The lowest BCUT2D eigenvalue weighted by Crippen LogP contribution is -2.51. The largest absolute Gasteiger partial charge is 0.347 e. The summed E-state index contributed by atoms with van der Waals surface area (Å²) in [7, 11) is 0. The second-order valence-corrected chi connectivity index (χ2v) is 11.5. The third-order valence-electron chi connectivity index (χ3n) is 7.43. The Balaban J connectivity index is 0.00000289. The summed E-state index contributed by atoms with van der Waals surface area (Å²) in [5.74, 6) is -0.204. The molecule has 1 aromatic rings. The highest BCUT2D eigenvalue weighted by atomic mass is 16.2. The summed E-state index contributed by atoms with van der Waals surface area (Å²) in [5, 5.41) is 6.09. The standard InChI is InChI=1S/C27H43N3O2.2H2/c1-19(2)24(28-20(3)31)25(32)29-23-11-12-27(22-10-8-7-9-21(22)23)14-17-30(18-15-27)16-13-26(4,5)6;;/h7-10,19,23-24H,11-18H2,1-6H3,(H,28,31)(H,29,32);2*1H/t23-,24?;;/m1../s1. The van der Waals surface area contributed by atoms with E-state index in [2.05, 4.69) is 60.6 Å². The molecule has 32 heavy (non-hydrogen) atoms. The van der Waals surface area contributed by atoms with E-state index in [1.54, 1.807) is 0 Å². The Hall–Kier alpha value is -1.88. The number of benzene rings is 1. The van der Waals surface area contributed by atoms with Crippen LogP contribution in [0.1, 0.15) is 93.7 Å². The summed E-state index contributed by atoms with van der Waals surface area (Å²) < 4.78 is 0. The number of rotatable bonds is 6. The molecule has 182 valence electrons. The molecule has 0 bridgehead atoms. The average molecular weight is 446 g/mol. The van der Waals surface area contributed by atoms with Crippen molar-refractivity contribution in [1.82, 2.24) is 15.5 Å². The lowest BCUT2D eigenvalue weighted by molar-refractivity contribution is -0.129. The first-order valence-corrected chi connectivity index (χ1v) is 12.4. The van der Waals surface area contributed by atoms with Gasteiger partial charge in [-0.1, -0.05) is 58.9 Å². The van der Waals surface area contributed by atoms with Crippen molar-refractivity contribution >= 4 is 11.8 Å². The average Bonchev–Trinajstić information content (AvgIpc) is 2.73. The van der Waals surface area contributed by atoms with E-state index in [9.17, 15) is 9.59 Å². The monoisotopic (exact) mass is 445 g/mol. The number of likely N-dealkylation sites (tertiary alicyclic amines) is 1. The van der Waals surface area contributed by atoms with E-state index in [1.165, 1.54) is 43.9 Å². The fourth-order valence-electron chi connectivity index (χ4n) is 5.38. The van der Waals surface area contributed by atoms with Crippen LogP contribution in [0.2, 0.25) is 0 Å². The zero-order valence-corrected chi connectivity index (χ0v) is 21.0. The van der Waals surface area contributed by atoms with Crippen LogP contribution >= 0.6 is 0 Å². The molecule has 2 amide bonds. The summed E-state index contributed by atoms with van der Waals surface area (Å²) in [5.41, 5.74) is 3.29. The van der Waals surface area contributed by atoms with Gasteiger partial charge in [-0.25, -0.2) is 0 Å². The van der Waals surface area contributed by atoms with Crippen molar-refractivity contribution < 1.29 is 12.4 Å². The summed E-state index contributed by atoms with van der Waals surface area (Å²) in [6, 6.07) is 8.22. The summed E-state index contributed by atoms with van der Waals surface area (Å²) in [6.07, 6.45) is 5.67. The molecule has 0 radical (unpaired) electrons. The molecule has 5 nitrogen and oxygen atoms in total. The Morgan fingerprint density at radius 3 is 2.41 bits per heavy atom. The van der Waals surface area contributed by atoms with Gasteiger partial charge in [-0.15, -0.1) is 0 Å². The van der Waals surface area contributed by atoms with E-state index >= 15 is 0 Å². The third-order valence-corrected chi connectivity index (χ3v) is 7.43. The molecule has 1 heterocycles. The van der Waals surface area contributed by atoms with Crippen LogP contribution in [-0.2, 0) is 15.0 Å². The number of nitrogens with one attached hydrogen (secondary N) is 2. The van der Waals surface area contributed by atoms with Crippen molar-refractivity contribution in [3.05, 3.63) is 35.4 Å². The van der Waals surface area contributed by atoms with Crippen LogP contribution in [0.5, 0.6) is 0 Å². The van der Waals surface area contributed by atoms with Gasteiger partial charge < -0.3 is 15.5 Å². The molecule has 1 aliphatic heterocycles. The van der Waals surface area contributed by atoms with Gasteiger partial charge in [0, 0.05) is 9.78 Å².